The van der Waals surface area contributed by atoms with Gasteiger partial charge in [0, 0.05) is 165 Å². The van der Waals surface area contributed by atoms with Crippen LogP contribution in [0, 0.1) is 0 Å². The number of benzene rings is 2. The average molecular weight is 823 g/mol. The SMILES string of the molecule is c1cc2c(cn1)c1cnccc1n2-c1cc(-c2cc(-n3c4ccncc4c4cnccc43)cc(-n3c4ccncc4c4cnccc43)c2)cc(-n2c3ccncc3c3cnccc32)c1. The van der Waals surface area contributed by atoms with E-state index in [9.17, 15) is 0 Å². The van der Waals surface area contributed by atoms with Crippen LogP contribution in [0.4, 0.5) is 0 Å². The third-order valence-corrected chi connectivity index (χ3v) is 12.6. The van der Waals surface area contributed by atoms with Crippen molar-refractivity contribution in [1.29, 1.82) is 0 Å². The molecule has 0 atom stereocenters. The van der Waals surface area contributed by atoms with Crippen LogP contribution in [0.25, 0.3) is 121 Å². The quantitative estimate of drug-likeness (QED) is 0.168. The Morgan fingerprint density at radius 2 is 0.391 bits per heavy atom. The molecule has 0 fully saturated rings. The minimum Gasteiger partial charge on any atom is -0.309 e. The van der Waals surface area contributed by atoms with Crippen molar-refractivity contribution in [2.24, 2.45) is 0 Å². The monoisotopic (exact) mass is 822 g/mol. The Hall–Kier alpha value is -9.16. The summed E-state index contributed by atoms with van der Waals surface area (Å²) in [4.78, 5) is 36.3. The lowest BCUT2D eigenvalue weighted by Gasteiger charge is -2.18. The summed E-state index contributed by atoms with van der Waals surface area (Å²) in [5, 5.41) is 8.23. The molecule has 0 spiro atoms. The van der Waals surface area contributed by atoms with Crippen molar-refractivity contribution in [3.05, 3.63) is 184 Å². The third-order valence-electron chi connectivity index (χ3n) is 12.6. The van der Waals surface area contributed by atoms with E-state index in [4.69, 9.17) is 0 Å². The Labute approximate surface area is 362 Å². The van der Waals surface area contributed by atoms with Gasteiger partial charge in [-0.25, -0.2) is 0 Å². The van der Waals surface area contributed by atoms with Gasteiger partial charge in [0.2, 0.25) is 0 Å². The molecule has 0 unspecified atom stereocenters. The van der Waals surface area contributed by atoms with Gasteiger partial charge in [0.1, 0.15) is 0 Å². The highest BCUT2D eigenvalue weighted by Gasteiger charge is 2.21. The Morgan fingerprint density at radius 3 is 0.562 bits per heavy atom. The normalized spacial score (nSPS) is 12.1. The number of hydrogen-bond donors (Lipinski definition) is 0. The Bertz CT molecular complexity index is 3480. The van der Waals surface area contributed by atoms with Crippen molar-refractivity contribution >= 4 is 87.2 Å². The number of pyridine rings is 8. The van der Waals surface area contributed by atoms with Gasteiger partial charge >= 0.3 is 0 Å². The van der Waals surface area contributed by atoms with E-state index in [1.54, 1.807) is 0 Å². The molecular formula is C52H30N12. The summed E-state index contributed by atoms with van der Waals surface area (Å²) in [6, 6.07) is 30.4. The van der Waals surface area contributed by atoms with Crippen LogP contribution in [-0.4, -0.2) is 58.1 Å². The summed E-state index contributed by atoms with van der Waals surface area (Å²) < 4.78 is 9.29. The maximum atomic E-state index is 4.54. The predicted molar refractivity (Wildman–Crippen MR) is 252 cm³/mol. The van der Waals surface area contributed by atoms with Gasteiger partial charge in [-0.1, -0.05) is 0 Å². The Kier molecular flexibility index (Phi) is 7.11. The van der Waals surface area contributed by atoms with Crippen LogP contribution in [0.15, 0.2) is 184 Å². The van der Waals surface area contributed by atoms with Crippen LogP contribution < -0.4 is 0 Å². The zero-order chi connectivity index (χ0) is 41.9. The van der Waals surface area contributed by atoms with E-state index < -0.39 is 0 Å². The fourth-order valence-corrected chi connectivity index (χ4v) is 9.99. The molecule has 298 valence electrons. The maximum Gasteiger partial charge on any atom is 0.0572 e. The van der Waals surface area contributed by atoms with E-state index >= 15 is 0 Å². The van der Waals surface area contributed by atoms with Crippen LogP contribution in [0.2, 0.25) is 0 Å². The third kappa shape index (κ3) is 4.87. The molecule has 0 radical (unpaired) electrons. The number of hydrogen-bond acceptors (Lipinski definition) is 8. The lowest BCUT2D eigenvalue weighted by molar-refractivity contribution is 1.12. The van der Waals surface area contributed by atoms with Gasteiger partial charge < -0.3 is 18.3 Å². The minimum absolute atomic E-state index is 0.984. The van der Waals surface area contributed by atoms with Crippen molar-refractivity contribution in [1.82, 2.24) is 58.1 Å². The number of fused-ring (bicyclic) bond motifs is 12. The van der Waals surface area contributed by atoms with E-state index in [1.807, 2.05) is 99.1 Å². The van der Waals surface area contributed by atoms with Gasteiger partial charge in [-0.15, -0.1) is 0 Å². The topological polar surface area (TPSA) is 123 Å². The van der Waals surface area contributed by atoms with Gasteiger partial charge in [0.05, 0.1) is 44.1 Å². The lowest BCUT2D eigenvalue weighted by atomic mass is 10.0. The van der Waals surface area contributed by atoms with Crippen LogP contribution in [0.3, 0.4) is 0 Å². The maximum absolute atomic E-state index is 4.54. The van der Waals surface area contributed by atoms with Crippen LogP contribution in [-0.2, 0) is 0 Å². The molecule has 0 saturated heterocycles. The summed E-state index contributed by atoms with van der Waals surface area (Å²) in [5.41, 5.74) is 14.2. The van der Waals surface area contributed by atoms with E-state index in [1.165, 1.54) is 0 Å². The largest absolute Gasteiger partial charge is 0.309 e. The van der Waals surface area contributed by atoms with Crippen molar-refractivity contribution in [3.8, 4) is 33.9 Å². The second-order valence-corrected chi connectivity index (χ2v) is 16.0. The molecule has 14 aromatic rings. The van der Waals surface area contributed by atoms with Crippen molar-refractivity contribution in [3.63, 3.8) is 0 Å². The number of aromatic nitrogens is 12. The first kappa shape index (κ1) is 34.5. The van der Waals surface area contributed by atoms with E-state index in [0.29, 0.717) is 0 Å². The Morgan fingerprint density at radius 1 is 0.219 bits per heavy atom. The first-order valence-electron chi connectivity index (χ1n) is 20.8. The zero-order valence-electron chi connectivity index (χ0n) is 33.7. The molecule has 2 aromatic carbocycles. The van der Waals surface area contributed by atoms with Crippen LogP contribution >= 0.6 is 0 Å². The molecule has 12 heterocycles. The summed E-state index contributed by atoms with van der Waals surface area (Å²) in [7, 11) is 0. The average Bonchev–Trinajstić information content (AvgIpc) is 4.09. The van der Waals surface area contributed by atoms with Gasteiger partial charge in [0.25, 0.3) is 0 Å². The van der Waals surface area contributed by atoms with Gasteiger partial charge in [-0.2, -0.15) is 0 Å². The molecule has 64 heavy (non-hydrogen) atoms. The molecule has 0 bridgehead atoms. The van der Waals surface area contributed by atoms with Gasteiger partial charge in [0.15, 0.2) is 0 Å². The van der Waals surface area contributed by atoms with Crippen LogP contribution in [0.5, 0.6) is 0 Å². The Balaban J connectivity index is 1.13. The first-order valence-corrected chi connectivity index (χ1v) is 20.8. The highest BCUT2D eigenvalue weighted by Crippen LogP contribution is 2.40. The van der Waals surface area contributed by atoms with E-state index in [2.05, 4.69) is 143 Å². The summed E-state index contributed by atoms with van der Waals surface area (Å²) in [6.45, 7) is 0. The molecule has 0 aliphatic heterocycles. The second kappa shape index (κ2) is 13.2. The second-order valence-electron chi connectivity index (χ2n) is 16.0. The fourth-order valence-electron chi connectivity index (χ4n) is 9.99. The molecule has 12 nitrogen and oxygen atoms in total. The summed E-state index contributed by atoms with van der Waals surface area (Å²) >= 11 is 0. The fraction of sp³-hybridized carbons (Fsp3) is 0. The molecule has 0 N–H and O–H groups in total. The molecule has 12 aromatic heterocycles. The molecule has 0 aliphatic carbocycles. The standard InChI is InChI=1S/C52H30N12/c1-9-53-23-37-38-24-54-10-2-46(38)61(45(1)37)33-17-31(18-34(21-33)62-47-3-11-55-25-39(47)40-26-56-12-4-48(40)62)32-19-35(63-49-5-13-57-27-41(49)42-28-58-14-6-50(42)63)22-36(20-32)64-51-7-15-59-29-43(51)44-30-60-16-8-52(44)64/h1-30H. The summed E-state index contributed by atoms with van der Waals surface area (Å²) in [5.74, 6) is 0. The van der Waals surface area contributed by atoms with E-state index in [0.717, 1.165) is 121 Å². The first-order chi connectivity index (χ1) is 31.8. The molecule has 12 heteroatoms. The highest BCUT2D eigenvalue weighted by molar-refractivity contribution is 6.12. The van der Waals surface area contributed by atoms with Crippen LogP contribution in [0.1, 0.15) is 0 Å². The molecule has 0 aliphatic rings. The minimum atomic E-state index is 0.984. The van der Waals surface area contributed by atoms with Crippen molar-refractivity contribution in [2.45, 2.75) is 0 Å². The van der Waals surface area contributed by atoms with Gasteiger partial charge in [-0.05, 0) is 96.1 Å². The number of rotatable bonds is 5. The van der Waals surface area contributed by atoms with Crippen molar-refractivity contribution in [2.75, 3.05) is 0 Å². The number of nitrogens with zero attached hydrogens (tertiary/aromatic N) is 12. The molecular weight excluding hydrogens is 793 g/mol. The summed E-state index contributed by atoms with van der Waals surface area (Å²) in [6.07, 6.45) is 30.2. The zero-order valence-corrected chi connectivity index (χ0v) is 33.7. The lowest BCUT2D eigenvalue weighted by Crippen LogP contribution is -2.02. The van der Waals surface area contributed by atoms with Gasteiger partial charge in [-0.3, -0.25) is 39.9 Å². The molecule has 0 amide bonds. The molecule has 14 rings (SSSR count). The molecule has 0 saturated carbocycles. The van der Waals surface area contributed by atoms with Crippen molar-refractivity contribution < 1.29 is 0 Å². The smallest absolute Gasteiger partial charge is 0.0572 e. The highest BCUT2D eigenvalue weighted by atomic mass is 15.0. The van der Waals surface area contributed by atoms with E-state index in [-0.39, 0.29) is 0 Å². The predicted octanol–water partition coefficient (Wildman–Crippen LogP) is 10.9.